The number of hydrogen-bond acceptors (Lipinski definition) is 3. The van der Waals surface area contributed by atoms with E-state index in [0.29, 0.717) is 6.04 Å². The van der Waals surface area contributed by atoms with Crippen molar-refractivity contribution in [1.82, 2.24) is 5.32 Å². The Labute approximate surface area is 125 Å². The van der Waals surface area contributed by atoms with Crippen LogP contribution in [-0.4, -0.2) is 37.9 Å². The number of para-hydroxylation sites is 1. The van der Waals surface area contributed by atoms with Crippen LogP contribution in [0.15, 0.2) is 59.6 Å². The molecule has 2 aromatic carbocycles. The zero-order chi connectivity index (χ0) is 14.1. The molecule has 0 amide bonds. The van der Waals surface area contributed by atoms with E-state index in [1.807, 2.05) is 0 Å². The van der Waals surface area contributed by atoms with Gasteiger partial charge in [-0.05, 0) is 6.07 Å². The highest BCUT2D eigenvalue weighted by Gasteiger charge is 2.28. The Morgan fingerprint density at radius 2 is 1.81 bits per heavy atom. The Morgan fingerprint density at radius 3 is 2.71 bits per heavy atom. The van der Waals surface area contributed by atoms with Gasteiger partial charge in [-0.25, -0.2) is 0 Å². The number of anilines is 1. The van der Waals surface area contributed by atoms with Crippen LogP contribution in [0.4, 0.5) is 5.69 Å². The van der Waals surface area contributed by atoms with E-state index in [9.17, 15) is 0 Å². The molecule has 1 fully saturated rings. The first kappa shape index (κ1) is 12.6. The third kappa shape index (κ3) is 2.24. The maximum Gasteiger partial charge on any atom is 0.0740 e. The van der Waals surface area contributed by atoms with Gasteiger partial charge in [0.2, 0.25) is 0 Å². The van der Waals surface area contributed by atoms with Gasteiger partial charge in [0.25, 0.3) is 0 Å². The first-order chi connectivity index (χ1) is 10.4. The molecule has 0 radical (unpaired) electrons. The van der Waals surface area contributed by atoms with Crippen LogP contribution in [0.25, 0.3) is 0 Å². The molecule has 2 heterocycles. The second-order valence-corrected chi connectivity index (χ2v) is 5.62. The number of fused-ring (bicyclic) bond motifs is 3. The van der Waals surface area contributed by atoms with Crippen molar-refractivity contribution in [3.05, 3.63) is 65.7 Å². The van der Waals surface area contributed by atoms with Gasteiger partial charge in [0.05, 0.1) is 18.3 Å². The maximum atomic E-state index is 4.95. The Balaban J connectivity index is 1.86. The zero-order valence-electron chi connectivity index (χ0n) is 12.0. The van der Waals surface area contributed by atoms with Crippen molar-refractivity contribution >= 4 is 11.4 Å². The second-order valence-electron chi connectivity index (χ2n) is 5.62. The lowest BCUT2D eigenvalue weighted by atomic mass is 10.00. The second kappa shape index (κ2) is 5.34. The average molecular weight is 277 g/mol. The summed E-state index contributed by atoms with van der Waals surface area (Å²) in [6.07, 6.45) is 0. The number of hydrogen-bond donors (Lipinski definition) is 1. The fourth-order valence-electron chi connectivity index (χ4n) is 3.29. The van der Waals surface area contributed by atoms with E-state index in [1.165, 1.54) is 16.8 Å². The lowest BCUT2D eigenvalue weighted by Gasteiger charge is -2.36. The van der Waals surface area contributed by atoms with Crippen LogP contribution in [-0.2, 0) is 0 Å². The van der Waals surface area contributed by atoms with Crippen molar-refractivity contribution in [2.45, 2.75) is 6.04 Å². The van der Waals surface area contributed by atoms with Crippen LogP contribution in [0, 0.1) is 0 Å². The van der Waals surface area contributed by atoms with Crippen LogP contribution in [0.3, 0.4) is 0 Å². The van der Waals surface area contributed by atoms with E-state index in [-0.39, 0.29) is 0 Å². The number of nitrogens with one attached hydrogen (secondary N) is 1. The minimum atomic E-state index is 0.459. The predicted octanol–water partition coefficient (Wildman–Crippen LogP) is 2.32. The number of aliphatic imine (C=N–C) groups is 1. The molecule has 0 saturated carbocycles. The number of nitrogens with zero attached hydrogens (tertiary/aromatic N) is 2. The van der Waals surface area contributed by atoms with Crippen LogP contribution >= 0.6 is 0 Å². The first-order valence-electron chi connectivity index (χ1n) is 7.60. The van der Waals surface area contributed by atoms with Gasteiger partial charge < -0.3 is 10.2 Å². The summed E-state index contributed by atoms with van der Waals surface area (Å²) in [5, 5.41) is 3.49. The molecule has 0 bridgehead atoms. The summed E-state index contributed by atoms with van der Waals surface area (Å²) in [6, 6.07) is 19.7. The molecule has 1 unspecified atom stereocenters. The summed E-state index contributed by atoms with van der Waals surface area (Å²) in [5.74, 6) is 0. The maximum absolute atomic E-state index is 4.95. The molecule has 4 rings (SSSR count). The monoisotopic (exact) mass is 277 g/mol. The highest BCUT2D eigenvalue weighted by Crippen LogP contribution is 2.29. The lowest BCUT2D eigenvalue weighted by molar-refractivity contribution is 0.484. The van der Waals surface area contributed by atoms with E-state index < -0.39 is 0 Å². The molecule has 3 nitrogen and oxygen atoms in total. The first-order valence-corrected chi connectivity index (χ1v) is 7.60. The average Bonchev–Trinajstić information content (AvgIpc) is 2.73. The highest BCUT2D eigenvalue weighted by molar-refractivity contribution is 6.16. The number of piperazine rings is 1. The molecule has 0 spiro atoms. The van der Waals surface area contributed by atoms with E-state index in [2.05, 4.69) is 64.8 Å². The van der Waals surface area contributed by atoms with Crippen molar-refractivity contribution in [3.63, 3.8) is 0 Å². The van der Waals surface area contributed by atoms with Gasteiger partial charge in [-0.2, -0.15) is 0 Å². The van der Waals surface area contributed by atoms with Gasteiger partial charge in [0.15, 0.2) is 0 Å². The summed E-state index contributed by atoms with van der Waals surface area (Å²) in [5.41, 5.74) is 4.91. The molecule has 2 aromatic rings. The van der Waals surface area contributed by atoms with Gasteiger partial charge >= 0.3 is 0 Å². The Bertz CT molecular complexity index is 663. The fourth-order valence-corrected chi connectivity index (χ4v) is 3.29. The summed E-state index contributed by atoms with van der Waals surface area (Å²) in [7, 11) is 0. The van der Waals surface area contributed by atoms with E-state index in [1.54, 1.807) is 0 Å². The van der Waals surface area contributed by atoms with Crippen molar-refractivity contribution in [1.29, 1.82) is 0 Å². The Morgan fingerprint density at radius 1 is 1.00 bits per heavy atom. The van der Waals surface area contributed by atoms with Crippen LogP contribution < -0.4 is 10.2 Å². The molecule has 2 aliphatic rings. The van der Waals surface area contributed by atoms with Crippen molar-refractivity contribution in [3.8, 4) is 0 Å². The van der Waals surface area contributed by atoms with Gasteiger partial charge in [0.1, 0.15) is 0 Å². The Kier molecular flexibility index (Phi) is 3.20. The van der Waals surface area contributed by atoms with E-state index in [0.717, 1.165) is 31.9 Å². The van der Waals surface area contributed by atoms with Crippen molar-refractivity contribution in [2.24, 2.45) is 4.99 Å². The van der Waals surface area contributed by atoms with Gasteiger partial charge in [0, 0.05) is 36.4 Å². The quantitative estimate of drug-likeness (QED) is 0.866. The smallest absolute Gasteiger partial charge is 0.0740 e. The standard InChI is InChI=1S/C18H19N3/c1-2-6-14(7-3-1)18-16-8-4-5-9-17(16)21-11-10-19-12-15(21)13-20-18/h1-9,15,19H,10-13H2. The summed E-state index contributed by atoms with van der Waals surface area (Å²) in [4.78, 5) is 7.47. The summed E-state index contributed by atoms with van der Waals surface area (Å²) < 4.78 is 0. The van der Waals surface area contributed by atoms with E-state index in [4.69, 9.17) is 4.99 Å². The fraction of sp³-hybridized carbons (Fsp3) is 0.278. The van der Waals surface area contributed by atoms with Gasteiger partial charge in [-0.15, -0.1) is 0 Å². The van der Waals surface area contributed by atoms with Crippen LogP contribution in [0.5, 0.6) is 0 Å². The predicted molar refractivity (Wildman–Crippen MR) is 87.4 cm³/mol. The van der Waals surface area contributed by atoms with Crippen LogP contribution in [0.2, 0.25) is 0 Å². The lowest BCUT2D eigenvalue weighted by Crippen LogP contribution is -2.52. The van der Waals surface area contributed by atoms with Gasteiger partial charge in [-0.1, -0.05) is 48.5 Å². The third-order valence-electron chi connectivity index (χ3n) is 4.33. The molecule has 2 aliphatic heterocycles. The summed E-state index contributed by atoms with van der Waals surface area (Å²) >= 11 is 0. The molecule has 0 aromatic heterocycles. The molecule has 1 atom stereocenters. The largest absolute Gasteiger partial charge is 0.364 e. The van der Waals surface area contributed by atoms with Crippen molar-refractivity contribution in [2.75, 3.05) is 31.1 Å². The molecular formula is C18H19N3. The third-order valence-corrected chi connectivity index (χ3v) is 4.33. The highest BCUT2D eigenvalue weighted by atomic mass is 15.2. The molecule has 0 aliphatic carbocycles. The molecule has 3 heteroatoms. The molecular weight excluding hydrogens is 258 g/mol. The topological polar surface area (TPSA) is 27.6 Å². The summed E-state index contributed by atoms with van der Waals surface area (Å²) in [6.45, 7) is 3.97. The van der Waals surface area contributed by atoms with Gasteiger partial charge in [-0.3, -0.25) is 4.99 Å². The molecule has 106 valence electrons. The minimum Gasteiger partial charge on any atom is -0.364 e. The van der Waals surface area contributed by atoms with Crippen molar-refractivity contribution < 1.29 is 0 Å². The van der Waals surface area contributed by atoms with E-state index >= 15 is 0 Å². The normalized spacial score (nSPS) is 21.0. The van der Waals surface area contributed by atoms with Crippen LogP contribution in [0.1, 0.15) is 11.1 Å². The molecule has 1 N–H and O–H groups in total. The number of benzene rings is 2. The SMILES string of the molecule is c1ccc(C2=NCC3CNCCN3c3ccccc32)cc1. The molecule has 1 saturated heterocycles. The molecule has 21 heavy (non-hydrogen) atoms. The minimum absolute atomic E-state index is 0.459. The number of rotatable bonds is 1. The zero-order valence-corrected chi connectivity index (χ0v) is 12.0. The Hall–Kier alpha value is -2.13.